The number of aliphatic hydroxyl groups is 1. The Bertz CT molecular complexity index is 1320. The molecule has 3 aromatic rings. The van der Waals surface area contributed by atoms with Gasteiger partial charge in [0.15, 0.2) is 0 Å². The molecular weight excluding hydrogens is 526 g/mol. The van der Waals surface area contributed by atoms with Gasteiger partial charge in [0.05, 0.1) is 40.7 Å². The van der Waals surface area contributed by atoms with Crippen molar-refractivity contribution in [2.75, 3.05) is 31.8 Å². The largest absolute Gasteiger partial charge is 0.465 e. The van der Waals surface area contributed by atoms with Crippen LogP contribution < -0.4 is 4.90 Å². The monoisotopic (exact) mass is 547 g/mol. The van der Waals surface area contributed by atoms with E-state index in [9.17, 15) is 18.3 Å². The number of aryl methyl sites for hydroxylation is 1. The minimum Gasteiger partial charge on any atom is -0.465 e. The van der Waals surface area contributed by atoms with Crippen molar-refractivity contribution in [3.63, 3.8) is 0 Å². The fourth-order valence-electron chi connectivity index (χ4n) is 3.81. The highest BCUT2D eigenvalue weighted by Gasteiger charge is 2.45. The van der Waals surface area contributed by atoms with E-state index < -0.39 is 28.1 Å². The van der Waals surface area contributed by atoms with Gasteiger partial charge in [0, 0.05) is 24.6 Å². The molecule has 34 heavy (non-hydrogen) atoms. The molecule has 0 fully saturated rings. The van der Waals surface area contributed by atoms with Crippen molar-refractivity contribution in [2.24, 2.45) is 0 Å². The number of rotatable bonds is 7. The Morgan fingerprint density at radius 1 is 1.18 bits per heavy atom. The number of hydrogen-bond donors (Lipinski definition) is 1. The van der Waals surface area contributed by atoms with Gasteiger partial charge in [-0.15, -0.1) is 0 Å². The number of methoxy groups -OCH3 is 1. The van der Waals surface area contributed by atoms with Crippen molar-refractivity contribution in [1.82, 2.24) is 9.97 Å². The van der Waals surface area contributed by atoms with Crippen LogP contribution in [0, 0.1) is 6.92 Å². The van der Waals surface area contributed by atoms with Crippen LogP contribution in [0.3, 0.4) is 0 Å². The molecule has 4 rings (SSSR count). The Morgan fingerprint density at radius 2 is 1.85 bits per heavy atom. The number of anilines is 2. The zero-order valence-electron chi connectivity index (χ0n) is 18.4. The van der Waals surface area contributed by atoms with Gasteiger partial charge in [-0.1, -0.05) is 23.8 Å². The Morgan fingerprint density at radius 3 is 2.47 bits per heavy atom. The highest BCUT2D eigenvalue weighted by atomic mass is 79.9. The van der Waals surface area contributed by atoms with Crippen molar-refractivity contribution in [2.45, 2.75) is 17.2 Å². The molecule has 1 unspecified atom stereocenters. The molecule has 0 saturated carbocycles. The summed E-state index contributed by atoms with van der Waals surface area (Å²) in [4.78, 5) is 22.5. The molecule has 1 aliphatic rings. The molecule has 0 aliphatic carbocycles. The fraction of sp³-hybridized carbons (Fsp3) is 0.261. The van der Waals surface area contributed by atoms with Crippen LogP contribution in [0.15, 0.2) is 64.2 Å². The van der Waals surface area contributed by atoms with E-state index in [1.54, 1.807) is 47.6 Å². The molecule has 2 aromatic carbocycles. The van der Waals surface area contributed by atoms with Gasteiger partial charge in [-0.05, 0) is 52.7 Å². The lowest BCUT2D eigenvalue weighted by Crippen LogP contribution is -2.40. The standard InChI is InChI=1S/C23H22BrN3O6S/c1-15-3-6-18(7-4-15)34(30,31)33-14-23(13-28)12-27(22-25-10-17(24)11-26-22)20-9-16(21(29)32-2)5-8-19(20)23/h3-11,28H,12-14H2,1-2H3. The van der Waals surface area contributed by atoms with Crippen molar-refractivity contribution in [3.05, 3.63) is 76.0 Å². The SMILES string of the molecule is COC(=O)c1ccc2c(c1)N(c1ncc(Br)cn1)CC2(CO)COS(=O)(=O)c1ccc(C)cc1. The van der Waals surface area contributed by atoms with E-state index in [1.165, 1.54) is 19.2 Å². The van der Waals surface area contributed by atoms with Gasteiger partial charge in [0.1, 0.15) is 0 Å². The van der Waals surface area contributed by atoms with E-state index in [4.69, 9.17) is 8.92 Å². The van der Waals surface area contributed by atoms with E-state index in [0.29, 0.717) is 27.2 Å². The van der Waals surface area contributed by atoms with Crippen LogP contribution in [0.5, 0.6) is 0 Å². The fourth-order valence-corrected chi connectivity index (χ4v) is 5.00. The molecule has 1 aliphatic heterocycles. The summed E-state index contributed by atoms with van der Waals surface area (Å²) in [6.07, 6.45) is 3.15. The van der Waals surface area contributed by atoms with Crippen LogP contribution in [0.2, 0.25) is 0 Å². The summed E-state index contributed by atoms with van der Waals surface area (Å²) in [5.74, 6) is -0.206. The second kappa shape index (κ2) is 9.41. The second-order valence-electron chi connectivity index (χ2n) is 7.98. The highest BCUT2D eigenvalue weighted by molar-refractivity contribution is 9.10. The number of carbonyl (C=O) groups is 1. The second-order valence-corrected chi connectivity index (χ2v) is 10.5. The first-order valence-corrected chi connectivity index (χ1v) is 12.4. The van der Waals surface area contributed by atoms with E-state index in [0.717, 1.165) is 5.56 Å². The molecular formula is C23H22BrN3O6S. The summed E-state index contributed by atoms with van der Waals surface area (Å²) < 4.78 is 36.6. The predicted octanol–water partition coefficient (Wildman–Crippen LogP) is 3.12. The minimum atomic E-state index is -4.07. The molecule has 0 radical (unpaired) electrons. The lowest BCUT2D eigenvalue weighted by molar-refractivity contribution is 0.0600. The normalized spacial score (nSPS) is 17.5. The van der Waals surface area contributed by atoms with Gasteiger partial charge >= 0.3 is 5.97 Å². The van der Waals surface area contributed by atoms with Crippen LogP contribution in [0.1, 0.15) is 21.5 Å². The van der Waals surface area contributed by atoms with Gasteiger partial charge in [-0.3, -0.25) is 4.18 Å². The van der Waals surface area contributed by atoms with Gasteiger partial charge in [-0.25, -0.2) is 14.8 Å². The van der Waals surface area contributed by atoms with Crippen molar-refractivity contribution in [1.29, 1.82) is 0 Å². The maximum atomic E-state index is 12.8. The third-order valence-electron chi connectivity index (χ3n) is 5.69. The Labute approximate surface area is 205 Å². The van der Waals surface area contributed by atoms with E-state index in [2.05, 4.69) is 25.9 Å². The Hall–Kier alpha value is -2.86. The first-order valence-electron chi connectivity index (χ1n) is 10.2. The number of hydrogen-bond acceptors (Lipinski definition) is 9. The number of nitrogens with zero attached hydrogens (tertiary/aromatic N) is 3. The molecule has 1 N–H and O–H groups in total. The summed E-state index contributed by atoms with van der Waals surface area (Å²) in [6, 6.07) is 11.2. The highest BCUT2D eigenvalue weighted by Crippen LogP contribution is 2.44. The maximum Gasteiger partial charge on any atom is 0.337 e. The third-order valence-corrected chi connectivity index (χ3v) is 7.38. The van der Waals surface area contributed by atoms with Crippen LogP contribution in [-0.4, -0.2) is 56.3 Å². The van der Waals surface area contributed by atoms with Crippen LogP contribution in [0.25, 0.3) is 0 Å². The number of aliphatic hydroxyl groups excluding tert-OH is 1. The predicted molar refractivity (Wildman–Crippen MR) is 128 cm³/mol. The Kier molecular flexibility index (Phi) is 6.72. The first-order chi connectivity index (χ1) is 16.2. The molecule has 9 nitrogen and oxygen atoms in total. The minimum absolute atomic E-state index is 0.0264. The zero-order valence-corrected chi connectivity index (χ0v) is 20.8. The summed E-state index contributed by atoms with van der Waals surface area (Å²) in [5.41, 5.74) is 1.26. The topological polar surface area (TPSA) is 119 Å². The summed E-state index contributed by atoms with van der Waals surface area (Å²) in [5, 5.41) is 10.5. The molecule has 1 aromatic heterocycles. The molecule has 178 valence electrons. The number of esters is 1. The van der Waals surface area contributed by atoms with Gasteiger partial charge < -0.3 is 14.7 Å². The van der Waals surface area contributed by atoms with Gasteiger partial charge in [-0.2, -0.15) is 8.42 Å². The molecule has 0 amide bonds. The van der Waals surface area contributed by atoms with Gasteiger partial charge in [0.25, 0.3) is 10.1 Å². The van der Waals surface area contributed by atoms with Crippen LogP contribution >= 0.6 is 15.9 Å². The molecule has 0 saturated heterocycles. The lowest BCUT2D eigenvalue weighted by atomic mass is 9.84. The smallest absolute Gasteiger partial charge is 0.337 e. The summed E-state index contributed by atoms with van der Waals surface area (Å²) in [7, 11) is -2.79. The van der Waals surface area contributed by atoms with E-state index in [1.807, 2.05) is 6.92 Å². The molecule has 0 bridgehead atoms. The quantitative estimate of drug-likeness (QED) is 0.351. The average Bonchev–Trinajstić information content (AvgIpc) is 3.17. The zero-order chi connectivity index (χ0) is 24.5. The number of halogens is 1. The van der Waals surface area contributed by atoms with Crippen molar-refractivity contribution in [3.8, 4) is 0 Å². The number of fused-ring (bicyclic) bond motifs is 1. The molecule has 1 atom stereocenters. The summed E-state index contributed by atoms with van der Waals surface area (Å²) in [6.45, 7) is 1.26. The molecule has 0 spiro atoms. The lowest BCUT2D eigenvalue weighted by Gasteiger charge is -2.27. The van der Waals surface area contributed by atoms with Crippen molar-refractivity contribution < 1.29 is 27.2 Å². The number of carbonyl (C=O) groups excluding carboxylic acids is 1. The van der Waals surface area contributed by atoms with Crippen LogP contribution in [-0.2, 0) is 24.5 Å². The first kappa shape index (κ1) is 24.3. The van der Waals surface area contributed by atoms with Crippen LogP contribution in [0.4, 0.5) is 11.6 Å². The third kappa shape index (κ3) is 4.56. The van der Waals surface area contributed by atoms with E-state index in [-0.39, 0.29) is 18.0 Å². The van der Waals surface area contributed by atoms with Crippen molar-refractivity contribution >= 4 is 43.7 Å². The number of ether oxygens (including phenoxy) is 1. The maximum absolute atomic E-state index is 12.8. The summed E-state index contributed by atoms with van der Waals surface area (Å²) >= 11 is 3.30. The van der Waals surface area contributed by atoms with E-state index >= 15 is 0 Å². The van der Waals surface area contributed by atoms with Gasteiger partial charge in [0.2, 0.25) is 5.95 Å². The Balaban J connectivity index is 1.73. The number of benzene rings is 2. The number of aromatic nitrogens is 2. The molecule has 11 heteroatoms. The average molecular weight is 548 g/mol. The molecule has 2 heterocycles.